The van der Waals surface area contributed by atoms with Gasteiger partial charge in [-0.3, -0.25) is 0 Å². The van der Waals surface area contributed by atoms with E-state index in [2.05, 4.69) is 25.8 Å². The van der Waals surface area contributed by atoms with Gasteiger partial charge < -0.3 is 9.47 Å². The molecule has 0 spiro atoms. The average molecular weight is 232 g/mol. The molecule has 0 aliphatic heterocycles. The van der Waals surface area contributed by atoms with Crippen LogP contribution in [0.15, 0.2) is 12.1 Å². The summed E-state index contributed by atoms with van der Waals surface area (Å²) >= 11 is 0. The van der Waals surface area contributed by atoms with Crippen LogP contribution in [0.1, 0.15) is 0 Å². The Morgan fingerprint density at radius 1 is 1.00 bits per heavy atom. The average Bonchev–Trinajstić information content (AvgIpc) is 2.85. The van der Waals surface area contributed by atoms with E-state index in [-0.39, 0.29) is 0 Å². The number of hydrogen-bond donors (Lipinski definition) is 0. The van der Waals surface area contributed by atoms with Crippen LogP contribution in [-0.4, -0.2) is 44.7 Å². The summed E-state index contributed by atoms with van der Waals surface area (Å²) in [5.74, 6) is 1.18. The van der Waals surface area contributed by atoms with Crippen molar-refractivity contribution in [3.63, 3.8) is 0 Å². The van der Waals surface area contributed by atoms with Crippen molar-refractivity contribution in [2.45, 2.75) is 0 Å². The van der Waals surface area contributed by atoms with E-state index in [0.29, 0.717) is 22.7 Å². The Labute approximate surface area is 95.1 Å². The summed E-state index contributed by atoms with van der Waals surface area (Å²) in [6.45, 7) is 0. The van der Waals surface area contributed by atoms with Gasteiger partial charge in [0.25, 0.3) is 0 Å². The van der Waals surface area contributed by atoms with Crippen molar-refractivity contribution in [2.24, 2.45) is 0 Å². The SMILES string of the molecule is COc1cc2nnn3nnnc3c2cc1OC. The van der Waals surface area contributed by atoms with Crippen molar-refractivity contribution in [1.82, 2.24) is 30.5 Å². The Bertz CT molecular complexity index is 694. The number of fused-ring (bicyclic) bond motifs is 3. The number of rotatable bonds is 2. The molecule has 0 N–H and O–H groups in total. The predicted octanol–water partition coefficient (Wildman–Crippen LogP) is 0.0847. The number of methoxy groups -OCH3 is 2. The van der Waals surface area contributed by atoms with E-state index in [0.717, 1.165) is 5.39 Å². The highest BCUT2D eigenvalue weighted by Crippen LogP contribution is 2.31. The van der Waals surface area contributed by atoms with Gasteiger partial charge in [-0.15, -0.1) is 10.2 Å². The van der Waals surface area contributed by atoms with E-state index in [1.165, 1.54) is 4.63 Å². The standard InChI is InChI=1S/C9H8N6O2/c1-16-7-3-5-6(4-8(7)17-2)10-13-15-9(5)11-12-14-15/h3-4H,1-2H3. The number of ether oxygens (including phenoxy) is 2. The molecule has 2 heterocycles. The third-order valence-electron chi connectivity index (χ3n) is 2.43. The van der Waals surface area contributed by atoms with Gasteiger partial charge in [-0.1, -0.05) is 4.63 Å². The minimum absolute atomic E-state index is 0.524. The van der Waals surface area contributed by atoms with Crippen molar-refractivity contribution >= 4 is 16.6 Å². The van der Waals surface area contributed by atoms with Crippen LogP contribution >= 0.6 is 0 Å². The summed E-state index contributed by atoms with van der Waals surface area (Å²) in [6.07, 6.45) is 0. The minimum atomic E-state index is 0.524. The fourth-order valence-corrected chi connectivity index (χ4v) is 1.63. The van der Waals surface area contributed by atoms with Crippen molar-refractivity contribution < 1.29 is 9.47 Å². The van der Waals surface area contributed by atoms with E-state index >= 15 is 0 Å². The van der Waals surface area contributed by atoms with Gasteiger partial charge in [0.2, 0.25) is 5.65 Å². The third-order valence-corrected chi connectivity index (χ3v) is 2.43. The zero-order chi connectivity index (χ0) is 11.8. The van der Waals surface area contributed by atoms with Crippen LogP contribution in [-0.2, 0) is 0 Å². The molecule has 0 bridgehead atoms. The lowest BCUT2D eigenvalue weighted by Crippen LogP contribution is -1.99. The lowest BCUT2D eigenvalue weighted by molar-refractivity contribution is 0.355. The molecule has 0 aliphatic carbocycles. The van der Waals surface area contributed by atoms with Crippen molar-refractivity contribution in [3.8, 4) is 11.5 Å². The van der Waals surface area contributed by atoms with Gasteiger partial charge >= 0.3 is 0 Å². The topological polar surface area (TPSA) is 87.3 Å². The first-order chi connectivity index (χ1) is 8.33. The van der Waals surface area contributed by atoms with Gasteiger partial charge in [0, 0.05) is 6.07 Å². The molecular formula is C9H8N6O2. The van der Waals surface area contributed by atoms with Crippen molar-refractivity contribution in [1.29, 1.82) is 0 Å². The molecule has 3 rings (SSSR count). The molecule has 3 aromatic rings. The van der Waals surface area contributed by atoms with Crippen LogP contribution in [0.3, 0.4) is 0 Å². The van der Waals surface area contributed by atoms with Gasteiger partial charge in [0.1, 0.15) is 5.52 Å². The Kier molecular flexibility index (Phi) is 2.00. The molecule has 8 nitrogen and oxygen atoms in total. The second-order valence-electron chi connectivity index (χ2n) is 3.31. The van der Waals surface area contributed by atoms with E-state index in [1.54, 1.807) is 26.4 Å². The molecule has 8 heteroatoms. The predicted molar refractivity (Wildman–Crippen MR) is 57.0 cm³/mol. The lowest BCUT2D eigenvalue weighted by atomic mass is 10.2. The third kappa shape index (κ3) is 1.34. The van der Waals surface area contributed by atoms with E-state index in [4.69, 9.17) is 9.47 Å². The molecule has 2 aromatic heterocycles. The summed E-state index contributed by atoms with van der Waals surface area (Å²) in [6, 6.07) is 3.50. The first-order valence-corrected chi connectivity index (χ1v) is 4.80. The summed E-state index contributed by atoms with van der Waals surface area (Å²) in [7, 11) is 3.13. The van der Waals surface area contributed by atoms with Crippen LogP contribution < -0.4 is 9.47 Å². The molecule has 0 aliphatic rings. The first kappa shape index (κ1) is 9.70. The number of nitrogens with zero attached hydrogens (tertiary/aromatic N) is 6. The Balaban J connectivity index is 2.42. The lowest BCUT2D eigenvalue weighted by Gasteiger charge is -2.07. The smallest absolute Gasteiger partial charge is 0.211 e. The second kappa shape index (κ2) is 3.51. The fraction of sp³-hybridized carbons (Fsp3) is 0.222. The van der Waals surface area contributed by atoms with Gasteiger partial charge in [0.05, 0.1) is 19.6 Å². The largest absolute Gasteiger partial charge is 0.493 e. The van der Waals surface area contributed by atoms with Gasteiger partial charge in [-0.2, -0.15) is 0 Å². The van der Waals surface area contributed by atoms with Crippen LogP contribution in [0.5, 0.6) is 11.5 Å². The molecule has 0 radical (unpaired) electrons. The highest BCUT2D eigenvalue weighted by Gasteiger charge is 2.12. The summed E-state index contributed by atoms with van der Waals surface area (Å²) in [5, 5.41) is 19.7. The zero-order valence-electron chi connectivity index (χ0n) is 9.15. The van der Waals surface area contributed by atoms with Crippen molar-refractivity contribution in [2.75, 3.05) is 14.2 Å². The quantitative estimate of drug-likeness (QED) is 0.618. The molecule has 1 aromatic carbocycles. The highest BCUT2D eigenvalue weighted by molar-refractivity contribution is 5.92. The van der Waals surface area contributed by atoms with E-state index in [1.807, 2.05) is 0 Å². The Morgan fingerprint density at radius 3 is 2.53 bits per heavy atom. The van der Waals surface area contributed by atoms with E-state index < -0.39 is 0 Å². The van der Waals surface area contributed by atoms with Gasteiger partial charge in [0.15, 0.2) is 11.5 Å². The first-order valence-electron chi connectivity index (χ1n) is 4.80. The van der Waals surface area contributed by atoms with Crippen LogP contribution in [0.25, 0.3) is 16.6 Å². The molecule has 0 saturated carbocycles. The van der Waals surface area contributed by atoms with E-state index in [9.17, 15) is 0 Å². The zero-order valence-corrected chi connectivity index (χ0v) is 9.15. The maximum atomic E-state index is 5.22. The number of aromatic nitrogens is 6. The summed E-state index contributed by atoms with van der Waals surface area (Å²) in [5.41, 5.74) is 1.17. The van der Waals surface area contributed by atoms with Crippen LogP contribution in [0.4, 0.5) is 0 Å². The molecule has 0 saturated heterocycles. The summed E-state index contributed by atoms with van der Waals surface area (Å²) < 4.78 is 11.7. The normalized spacial score (nSPS) is 10.9. The monoisotopic (exact) mass is 232 g/mol. The Morgan fingerprint density at radius 2 is 1.76 bits per heavy atom. The van der Waals surface area contributed by atoms with Crippen molar-refractivity contribution in [3.05, 3.63) is 12.1 Å². The minimum Gasteiger partial charge on any atom is -0.493 e. The Hall–Kier alpha value is -2.51. The van der Waals surface area contributed by atoms with Gasteiger partial charge in [-0.25, -0.2) is 0 Å². The molecular weight excluding hydrogens is 224 g/mol. The number of benzene rings is 1. The van der Waals surface area contributed by atoms with Gasteiger partial charge in [-0.05, 0) is 21.7 Å². The molecule has 0 amide bonds. The molecule has 0 unspecified atom stereocenters. The fourth-order valence-electron chi connectivity index (χ4n) is 1.63. The maximum absolute atomic E-state index is 5.22. The molecule has 17 heavy (non-hydrogen) atoms. The summed E-state index contributed by atoms with van der Waals surface area (Å²) in [4.78, 5) is 0. The second-order valence-corrected chi connectivity index (χ2v) is 3.31. The molecule has 86 valence electrons. The maximum Gasteiger partial charge on any atom is 0.211 e. The number of tetrazole rings is 1. The van der Waals surface area contributed by atoms with Crippen LogP contribution in [0, 0.1) is 0 Å². The molecule has 0 fully saturated rings. The van der Waals surface area contributed by atoms with Crippen LogP contribution in [0.2, 0.25) is 0 Å². The number of hydrogen-bond acceptors (Lipinski definition) is 7. The highest BCUT2D eigenvalue weighted by atomic mass is 16.5. The molecule has 0 atom stereocenters.